The lowest BCUT2D eigenvalue weighted by molar-refractivity contribution is 0.390. The third kappa shape index (κ3) is 3.59. The van der Waals surface area contributed by atoms with Crippen molar-refractivity contribution in [1.82, 2.24) is 14.1 Å². The van der Waals surface area contributed by atoms with E-state index in [1.807, 2.05) is 30.5 Å². The molecule has 1 unspecified atom stereocenters. The lowest BCUT2D eigenvalue weighted by Gasteiger charge is -2.25. The van der Waals surface area contributed by atoms with E-state index in [1.165, 1.54) is 0 Å². The highest BCUT2D eigenvalue weighted by molar-refractivity contribution is 9.10. The molecule has 0 spiro atoms. The van der Waals surface area contributed by atoms with Crippen LogP contribution in [0.4, 0.5) is 0 Å². The summed E-state index contributed by atoms with van der Waals surface area (Å²) in [6.07, 6.45) is 3.50. The van der Waals surface area contributed by atoms with Crippen molar-refractivity contribution in [2.24, 2.45) is 0 Å². The third-order valence-corrected chi connectivity index (χ3v) is 8.27. The van der Waals surface area contributed by atoms with Crippen LogP contribution in [0, 0.1) is 0 Å². The molecule has 146 valence electrons. The summed E-state index contributed by atoms with van der Waals surface area (Å²) in [6, 6.07) is 14.3. The van der Waals surface area contributed by atoms with E-state index in [9.17, 15) is 8.42 Å². The van der Waals surface area contributed by atoms with Gasteiger partial charge in [0.05, 0.1) is 23.1 Å². The van der Waals surface area contributed by atoms with Crippen LogP contribution in [0.3, 0.4) is 0 Å². The van der Waals surface area contributed by atoms with Crippen molar-refractivity contribution in [3.8, 4) is 11.4 Å². The average Bonchev–Trinajstić information content (AvgIpc) is 3.40. The third-order valence-electron chi connectivity index (χ3n) is 4.52. The van der Waals surface area contributed by atoms with Crippen LogP contribution in [0.5, 0.6) is 5.75 Å². The van der Waals surface area contributed by atoms with Gasteiger partial charge in [-0.3, -0.25) is 0 Å². The highest BCUT2D eigenvalue weighted by atomic mass is 79.9. The zero-order valence-corrected chi connectivity index (χ0v) is 18.2. The van der Waals surface area contributed by atoms with Gasteiger partial charge in [0.25, 0.3) is 0 Å². The zero-order chi connectivity index (χ0) is 19.7. The predicted octanol–water partition coefficient (Wildman–Crippen LogP) is 4.08. The van der Waals surface area contributed by atoms with E-state index in [1.54, 1.807) is 58.3 Å². The topological polar surface area (TPSA) is 64.4 Å². The molecule has 1 aliphatic heterocycles. The Labute approximate surface area is 176 Å². The quantitative estimate of drug-likeness (QED) is 0.551. The van der Waals surface area contributed by atoms with E-state index in [4.69, 9.17) is 4.74 Å². The van der Waals surface area contributed by atoms with Gasteiger partial charge in [-0.1, -0.05) is 15.9 Å². The van der Waals surface area contributed by atoms with Gasteiger partial charge in [0.15, 0.2) is 0 Å². The molecule has 0 radical (unpaired) electrons. The van der Waals surface area contributed by atoms with E-state index >= 15 is 0 Å². The summed E-state index contributed by atoms with van der Waals surface area (Å²) in [5, 5.41) is 3.84. The summed E-state index contributed by atoms with van der Waals surface area (Å²) in [7, 11) is -2.05. The number of ether oxygens (including phenoxy) is 1. The Hall–Kier alpha value is -1.81. The molecule has 1 saturated heterocycles. The van der Waals surface area contributed by atoms with Crippen LogP contribution in [0.25, 0.3) is 5.69 Å². The number of thioether (sulfide) groups is 1. The number of rotatable bonds is 5. The van der Waals surface area contributed by atoms with Gasteiger partial charge in [0.1, 0.15) is 5.75 Å². The predicted molar refractivity (Wildman–Crippen MR) is 113 cm³/mol. The lowest BCUT2D eigenvalue weighted by atomic mass is 10.2. The second-order valence-electron chi connectivity index (χ2n) is 6.17. The molecule has 1 fully saturated rings. The Morgan fingerprint density at radius 2 is 2.00 bits per heavy atom. The van der Waals surface area contributed by atoms with E-state index < -0.39 is 10.0 Å². The summed E-state index contributed by atoms with van der Waals surface area (Å²) < 4.78 is 36.3. The minimum atomic E-state index is -3.65. The molecule has 6 nitrogen and oxygen atoms in total. The molecule has 1 aromatic heterocycles. The Bertz CT molecular complexity index is 1070. The zero-order valence-electron chi connectivity index (χ0n) is 15.0. The van der Waals surface area contributed by atoms with Crippen LogP contribution in [-0.4, -0.2) is 41.9 Å². The number of benzene rings is 2. The minimum absolute atomic E-state index is 0.268. The second kappa shape index (κ2) is 7.90. The molecule has 1 atom stereocenters. The second-order valence-corrected chi connectivity index (χ2v) is 10.2. The molecule has 28 heavy (non-hydrogen) atoms. The van der Waals surface area contributed by atoms with Crippen molar-refractivity contribution in [1.29, 1.82) is 0 Å². The Morgan fingerprint density at radius 3 is 2.68 bits per heavy atom. The smallest absolute Gasteiger partial charge is 0.244 e. The van der Waals surface area contributed by atoms with Gasteiger partial charge in [0.2, 0.25) is 10.0 Å². The molecule has 0 bridgehead atoms. The van der Waals surface area contributed by atoms with Crippen LogP contribution in [0.2, 0.25) is 0 Å². The van der Waals surface area contributed by atoms with Crippen molar-refractivity contribution < 1.29 is 13.2 Å². The van der Waals surface area contributed by atoms with Crippen LogP contribution in [0.15, 0.2) is 70.3 Å². The molecule has 9 heteroatoms. The van der Waals surface area contributed by atoms with E-state index in [-0.39, 0.29) is 10.3 Å². The molecule has 0 aliphatic carbocycles. The summed E-state index contributed by atoms with van der Waals surface area (Å²) in [5.74, 6) is 1.40. The average molecular weight is 480 g/mol. The van der Waals surface area contributed by atoms with Crippen LogP contribution >= 0.6 is 27.7 Å². The van der Waals surface area contributed by atoms with Gasteiger partial charge >= 0.3 is 0 Å². The maximum absolute atomic E-state index is 13.3. The first kappa shape index (κ1) is 19.5. The highest BCUT2D eigenvalue weighted by Gasteiger charge is 2.38. The number of aromatic nitrogens is 2. The summed E-state index contributed by atoms with van der Waals surface area (Å²) in [6.45, 7) is 0.453. The first-order chi connectivity index (χ1) is 13.5. The lowest BCUT2D eigenvalue weighted by Crippen LogP contribution is -2.30. The molecule has 2 aromatic carbocycles. The molecule has 1 aliphatic rings. The first-order valence-corrected chi connectivity index (χ1v) is 11.9. The standard InChI is InChI=1S/C19H18BrN3O3S2/c1-26-18-8-3-14(20)13-17(18)19-23(11-12-27-19)28(24,25)16-6-4-15(5-7-16)22-10-2-9-21-22/h2-10,13,19H,11-12H2,1H3. The molecule has 4 rings (SSSR count). The number of nitrogens with zero attached hydrogens (tertiary/aromatic N) is 3. The van der Waals surface area contributed by atoms with Gasteiger partial charge in [0, 0.05) is 34.7 Å². The SMILES string of the molecule is COc1ccc(Br)cc1C1SCCN1S(=O)(=O)c1ccc(-n2cccn2)cc1. The number of methoxy groups -OCH3 is 1. The van der Waals surface area contributed by atoms with Gasteiger partial charge in [-0.15, -0.1) is 11.8 Å². The van der Waals surface area contributed by atoms with Gasteiger partial charge in [-0.25, -0.2) is 13.1 Å². The summed E-state index contributed by atoms with van der Waals surface area (Å²) in [5.41, 5.74) is 1.65. The molecule has 0 N–H and O–H groups in total. The van der Waals surface area contributed by atoms with Crippen molar-refractivity contribution in [2.45, 2.75) is 10.3 Å². The van der Waals surface area contributed by atoms with Crippen molar-refractivity contribution in [2.75, 3.05) is 19.4 Å². The molecule has 3 aromatic rings. The van der Waals surface area contributed by atoms with Gasteiger partial charge in [-0.2, -0.15) is 9.40 Å². The number of hydrogen-bond acceptors (Lipinski definition) is 5. The number of sulfonamides is 1. The molecule has 0 amide bonds. The monoisotopic (exact) mass is 479 g/mol. The van der Waals surface area contributed by atoms with Gasteiger partial charge in [-0.05, 0) is 48.5 Å². The van der Waals surface area contributed by atoms with Gasteiger partial charge < -0.3 is 4.74 Å². The van der Waals surface area contributed by atoms with Crippen LogP contribution in [-0.2, 0) is 10.0 Å². The Kier molecular flexibility index (Phi) is 5.50. The van der Waals surface area contributed by atoms with Crippen molar-refractivity contribution >= 4 is 37.7 Å². The number of halogens is 1. The maximum Gasteiger partial charge on any atom is 0.244 e. The Balaban J connectivity index is 1.68. The largest absolute Gasteiger partial charge is 0.496 e. The fourth-order valence-electron chi connectivity index (χ4n) is 3.17. The van der Waals surface area contributed by atoms with Crippen molar-refractivity contribution in [3.63, 3.8) is 0 Å². The fourth-order valence-corrected chi connectivity index (χ4v) is 6.80. The van der Waals surface area contributed by atoms with Crippen LogP contribution < -0.4 is 4.74 Å². The molecular formula is C19H18BrN3O3S2. The highest BCUT2D eigenvalue weighted by Crippen LogP contribution is 2.45. The minimum Gasteiger partial charge on any atom is -0.496 e. The Morgan fingerprint density at radius 1 is 1.21 bits per heavy atom. The first-order valence-electron chi connectivity index (χ1n) is 8.57. The summed E-state index contributed by atoms with van der Waals surface area (Å²) >= 11 is 5.07. The normalized spacial score (nSPS) is 17.7. The van der Waals surface area contributed by atoms with E-state index in [0.29, 0.717) is 12.3 Å². The molecule has 2 heterocycles. The van der Waals surface area contributed by atoms with Crippen molar-refractivity contribution in [3.05, 3.63) is 71.0 Å². The van der Waals surface area contributed by atoms with E-state index in [2.05, 4.69) is 21.0 Å². The summed E-state index contributed by atoms with van der Waals surface area (Å²) in [4.78, 5) is 0.268. The fraction of sp³-hybridized carbons (Fsp3) is 0.211. The van der Waals surface area contributed by atoms with Crippen LogP contribution in [0.1, 0.15) is 10.9 Å². The molecule has 0 saturated carbocycles. The van der Waals surface area contributed by atoms with E-state index in [0.717, 1.165) is 21.5 Å². The molecular weight excluding hydrogens is 462 g/mol. The maximum atomic E-state index is 13.3. The number of hydrogen-bond donors (Lipinski definition) is 0.